The van der Waals surface area contributed by atoms with Crippen LogP contribution in [-0.2, 0) is 4.79 Å². The molecule has 3 N–H and O–H groups in total. The van der Waals surface area contributed by atoms with Gasteiger partial charge in [-0.05, 0) is 32.4 Å². The Bertz CT molecular complexity index is 197. The summed E-state index contributed by atoms with van der Waals surface area (Å²) in [6.07, 6.45) is 6.84. The van der Waals surface area contributed by atoms with Gasteiger partial charge in [0.1, 0.15) is 0 Å². The average molecular weight is 216 g/mol. The van der Waals surface area contributed by atoms with Crippen LogP contribution in [0.1, 0.15) is 32.6 Å². The number of carbonyl (C=O) groups is 1. The molecular weight excluding hydrogens is 196 g/mol. The van der Waals surface area contributed by atoms with Crippen LogP contribution in [0.5, 0.6) is 0 Å². The molecule has 0 aromatic heterocycles. The Balaban J connectivity index is 2.34. The summed E-state index contributed by atoms with van der Waals surface area (Å²) in [4.78, 5) is 11.4. The lowest BCUT2D eigenvalue weighted by Gasteiger charge is -2.29. The zero-order valence-corrected chi connectivity index (χ0v) is 9.77. The molecular formula is C10H20N2OS. The van der Waals surface area contributed by atoms with E-state index in [0.717, 1.165) is 12.8 Å². The molecule has 1 saturated carbocycles. The van der Waals surface area contributed by atoms with Crippen molar-refractivity contribution in [1.29, 1.82) is 0 Å². The first kappa shape index (κ1) is 11.9. The summed E-state index contributed by atoms with van der Waals surface area (Å²) < 4.78 is 0. The van der Waals surface area contributed by atoms with E-state index in [1.54, 1.807) is 6.92 Å². The summed E-state index contributed by atoms with van der Waals surface area (Å²) >= 11 is 1.90. The standard InChI is InChI=1S/C10H20N2OS/c1-7(11)10(13)12-8-4-3-5-9(6-8)14-2/h7-9H,3-6,11H2,1-2H3,(H,12,13)/t7-,8?,9?/m0/s1. The first-order chi connectivity index (χ1) is 6.63. The second-order valence-electron chi connectivity index (χ2n) is 4.02. The minimum absolute atomic E-state index is 0.0169. The van der Waals surface area contributed by atoms with E-state index in [0.29, 0.717) is 11.3 Å². The molecule has 3 nitrogen and oxygen atoms in total. The second-order valence-corrected chi connectivity index (χ2v) is 5.16. The number of nitrogens with one attached hydrogen (secondary N) is 1. The molecule has 1 fully saturated rings. The zero-order chi connectivity index (χ0) is 10.6. The lowest BCUT2D eigenvalue weighted by atomic mass is 9.95. The Morgan fingerprint density at radius 2 is 2.29 bits per heavy atom. The van der Waals surface area contributed by atoms with Crippen LogP contribution < -0.4 is 11.1 Å². The Morgan fingerprint density at radius 3 is 2.86 bits per heavy atom. The number of hydrogen-bond donors (Lipinski definition) is 2. The molecule has 0 aromatic carbocycles. The van der Waals surface area contributed by atoms with Crippen molar-refractivity contribution >= 4 is 17.7 Å². The molecule has 0 bridgehead atoms. The van der Waals surface area contributed by atoms with Gasteiger partial charge in [0.2, 0.25) is 5.91 Å². The highest BCUT2D eigenvalue weighted by atomic mass is 32.2. The highest BCUT2D eigenvalue weighted by Crippen LogP contribution is 2.26. The molecule has 3 atom stereocenters. The lowest BCUT2D eigenvalue weighted by Crippen LogP contribution is -2.45. The number of amides is 1. The molecule has 0 spiro atoms. The molecule has 14 heavy (non-hydrogen) atoms. The fourth-order valence-electron chi connectivity index (χ4n) is 1.82. The number of thioether (sulfide) groups is 1. The van der Waals surface area contributed by atoms with Crippen molar-refractivity contribution in [3.05, 3.63) is 0 Å². The van der Waals surface area contributed by atoms with E-state index in [2.05, 4.69) is 11.6 Å². The Kier molecular flexibility index (Phi) is 4.75. The number of rotatable bonds is 3. The third-order valence-electron chi connectivity index (χ3n) is 2.72. The van der Waals surface area contributed by atoms with Gasteiger partial charge in [-0.3, -0.25) is 4.79 Å². The molecule has 4 heteroatoms. The van der Waals surface area contributed by atoms with E-state index >= 15 is 0 Å². The summed E-state index contributed by atoms with van der Waals surface area (Å²) in [6.45, 7) is 1.73. The van der Waals surface area contributed by atoms with Crippen LogP contribution in [0.3, 0.4) is 0 Å². The highest BCUT2D eigenvalue weighted by Gasteiger charge is 2.23. The molecule has 2 unspecified atom stereocenters. The first-order valence-electron chi connectivity index (χ1n) is 5.22. The van der Waals surface area contributed by atoms with Crippen molar-refractivity contribution in [2.24, 2.45) is 5.73 Å². The van der Waals surface area contributed by atoms with Gasteiger partial charge in [0, 0.05) is 11.3 Å². The lowest BCUT2D eigenvalue weighted by molar-refractivity contribution is -0.122. The minimum Gasteiger partial charge on any atom is -0.352 e. The first-order valence-corrected chi connectivity index (χ1v) is 6.51. The van der Waals surface area contributed by atoms with Crippen molar-refractivity contribution in [3.8, 4) is 0 Å². The van der Waals surface area contributed by atoms with Gasteiger partial charge in [0.25, 0.3) is 0 Å². The van der Waals surface area contributed by atoms with E-state index in [4.69, 9.17) is 5.73 Å². The molecule has 1 rings (SSSR count). The molecule has 0 saturated heterocycles. The van der Waals surface area contributed by atoms with Gasteiger partial charge < -0.3 is 11.1 Å². The molecule has 0 heterocycles. The van der Waals surface area contributed by atoms with E-state index in [1.807, 2.05) is 11.8 Å². The maximum atomic E-state index is 11.4. The maximum absolute atomic E-state index is 11.4. The number of hydrogen-bond acceptors (Lipinski definition) is 3. The van der Waals surface area contributed by atoms with Crippen LogP contribution >= 0.6 is 11.8 Å². The summed E-state index contributed by atoms with van der Waals surface area (Å²) in [5, 5.41) is 3.72. The van der Waals surface area contributed by atoms with Crippen molar-refractivity contribution in [1.82, 2.24) is 5.32 Å². The van der Waals surface area contributed by atoms with Crippen LogP contribution in [0.2, 0.25) is 0 Å². The van der Waals surface area contributed by atoms with Crippen LogP contribution in [0, 0.1) is 0 Å². The summed E-state index contributed by atoms with van der Waals surface area (Å²) in [5.41, 5.74) is 5.50. The largest absolute Gasteiger partial charge is 0.352 e. The van der Waals surface area contributed by atoms with E-state index in [1.165, 1.54) is 12.8 Å². The molecule has 1 amide bonds. The van der Waals surface area contributed by atoms with Crippen LogP contribution in [0.4, 0.5) is 0 Å². The van der Waals surface area contributed by atoms with E-state index < -0.39 is 0 Å². The topological polar surface area (TPSA) is 55.1 Å². The van der Waals surface area contributed by atoms with Crippen LogP contribution in [0.25, 0.3) is 0 Å². The molecule has 0 aliphatic heterocycles. The predicted octanol–water partition coefficient (Wildman–Crippen LogP) is 1.12. The van der Waals surface area contributed by atoms with Crippen molar-refractivity contribution in [2.45, 2.75) is 49.9 Å². The maximum Gasteiger partial charge on any atom is 0.236 e. The number of carbonyl (C=O) groups excluding carboxylic acids is 1. The number of nitrogens with two attached hydrogens (primary N) is 1. The molecule has 0 radical (unpaired) electrons. The fourth-order valence-corrected chi connectivity index (χ4v) is 2.65. The van der Waals surface area contributed by atoms with Gasteiger partial charge in [0.05, 0.1) is 6.04 Å². The molecule has 1 aliphatic rings. The van der Waals surface area contributed by atoms with Crippen molar-refractivity contribution in [3.63, 3.8) is 0 Å². The smallest absolute Gasteiger partial charge is 0.236 e. The fraction of sp³-hybridized carbons (Fsp3) is 0.900. The summed E-state index contributed by atoms with van der Waals surface area (Å²) in [5.74, 6) is -0.0169. The van der Waals surface area contributed by atoms with Gasteiger partial charge in [-0.25, -0.2) is 0 Å². The SMILES string of the molecule is CSC1CCCC(NC(=O)[C@H](C)N)C1. The quantitative estimate of drug-likeness (QED) is 0.743. The second kappa shape index (κ2) is 5.61. The monoisotopic (exact) mass is 216 g/mol. The van der Waals surface area contributed by atoms with Crippen LogP contribution in [0.15, 0.2) is 0 Å². The normalized spacial score (nSPS) is 29.6. The predicted molar refractivity (Wildman–Crippen MR) is 61.4 cm³/mol. The molecule has 82 valence electrons. The average Bonchev–Trinajstić information content (AvgIpc) is 2.18. The summed E-state index contributed by atoms with van der Waals surface area (Å²) in [6, 6.07) is -0.0376. The molecule has 1 aliphatic carbocycles. The van der Waals surface area contributed by atoms with Gasteiger partial charge in [-0.1, -0.05) is 6.42 Å². The zero-order valence-electron chi connectivity index (χ0n) is 8.95. The summed E-state index contributed by atoms with van der Waals surface area (Å²) in [7, 11) is 0. The Hall–Kier alpha value is -0.220. The van der Waals surface area contributed by atoms with Crippen molar-refractivity contribution < 1.29 is 4.79 Å². The van der Waals surface area contributed by atoms with Gasteiger partial charge in [-0.2, -0.15) is 11.8 Å². The van der Waals surface area contributed by atoms with Crippen LogP contribution in [-0.4, -0.2) is 29.5 Å². The third-order valence-corrected chi connectivity index (χ3v) is 3.81. The third kappa shape index (κ3) is 3.50. The van der Waals surface area contributed by atoms with Crippen molar-refractivity contribution in [2.75, 3.05) is 6.26 Å². The minimum atomic E-state index is -0.385. The van der Waals surface area contributed by atoms with Gasteiger partial charge >= 0.3 is 0 Å². The Morgan fingerprint density at radius 1 is 1.57 bits per heavy atom. The van der Waals surface area contributed by atoms with Gasteiger partial charge in [0.15, 0.2) is 0 Å². The highest BCUT2D eigenvalue weighted by molar-refractivity contribution is 7.99. The molecule has 0 aromatic rings. The van der Waals surface area contributed by atoms with Gasteiger partial charge in [-0.15, -0.1) is 0 Å². The van der Waals surface area contributed by atoms with E-state index in [9.17, 15) is 4.79 Å². The van der Waals surface area contributed by atoms with E-state index in [-0.39, 0.29) is 11.9 Å². The Labute approximate surface area is 90.2 Å².